The number of piperazine rings is 1. The number of rotatable bonds is 4. The second-order valence-electron chi connectivity index (χ2n) is 6.56. The first kappa shape index (κ1) is 16.4. The van der Waals surface area contributed by atoms with Crippen LogP contribution in [-0.4, -0.2) is 60.8 Å². The van der Waals surface area contributed by atoms with Crippen molar-refractivity contribution in [3.05, 3.63) is 54.0 Å². The van der Waals surface area contributed by atoms with Gasteiger partial charge in [-0.05, 0) is 23.8 Å². The fourth-order valence-electron chi connectivity index (χ4n) is 3.68. The monoisotopic (exact) mass is 339 g/mol. The molecule has 0 bridgehead atoms. The molecule has 2 aromatic heterocycles. The number of pyridine rings is 2. The van der Waals surface area contributed by atoms with Gasteiger partial charge in [-0.25, -0.2) is 4.98 Å². The average Bonchev–Trinajstić information content (AvgIpc) is 2.70. The number of ether oxygens (including phenoxy) is 1. The van der Waals surface area contributed by atoms with Gasteiger partial charge >= 0.3 is 0 Å². The molecule has 0 amide bonds. The molecule has 1 N–H and O–H groups in total. The summed E-state index contributed by atoms with van der Waals surface area (Å²) >= 11 is 0. The van der Waals surface area contributed by atoms with Crippen molar-refractivity contribution >= 4 is 5.82 Å². The maximum Gasteiger partial charge on any atom is 0.133 e. The quantitative estimate of drug-likeness (QED) is 0.910. The molecular formula is C19H25N5O. The van der Waals surface area contributed by atoms with Gasteiger partial charge in [0, 0.05) is 69.5 Å². The normalized spacial score (nSPS) is 22.1. The maximum absolute atomic E-state index is 5.49. The Morgan fingerprint density at radius 2 is 1.92 bits per heavy atom. The van der Waals surface area contributed by atoms with E-state index in [1.165, 1.54) is 11.1 Å². The predicted octanol–water partition coefficient (Wildman–Crippen LogP) is 1.46. The first-order valence-corrected chi connectivity index (χ1v) is 9.03. The Balaban J connectivity index is 1.56. The highest BCUT2D eigenvalue weighted by atomic mass is 16.5. The summed E-state index contributed by atoms with van der Waals surface area (Å²) in [6.07, 6.45) is 5.66. The molecular weight excluding hydrogens is 314 g/mol. The molecule has 6 heteroatoms. The molecule has 4 rings (SSSR count). The standard InChI is InChI=1S/C19H25N5O/c1-2-17(19(22-5-1)23-10-12-25-13-11-23)15-24-9-8-21-14-18(24)16-3-6-20-7-4-16/h1-7,18,21H,8-15H2. The van der Waals surface area contributed by atoms with Gasteiger partial charge in [-0.3, -0.25) is 9.88 Å². The largest absolute Gasteiger partial charge is 0.378 e. The summed E-state index contributed by atoms with van der Waals surface area (Å²) in [5.41, 5.74) is 2.62. The minimum absolute atomic E-state index is 0.370. The van der Waals surface area contributed by atoms with Crippen molar-refractivity contribution in [3.8, 4) is 0 Å². The molecule has 1 atom stereocenters. The average molecular weight is 339 g/mol. The Morgan fingerprint density at radius 3 is 2.76 bits per heavy atom. The third kappa shape index (κ3) is 3.81. The van der Waals surface area contributed by atoms with E-state index in [1.807, 2.05) is 24.7 Å². The molecule has 4 heterocycles. The SMILES string of the molecule is c1cnc(N2CCOCC2)c(CN2CCNCC2c2ccncc2)c1. The smallest absolute Gasteiger partial charge is 0.133 e. The molecule has 6 nitrogen and oxygen atoms in total. The van der Waals surface area contributed by atoms with Gasteiger partial charge in [-0.1, -0.05) is 6.07 Å². The van der Waals surface area contributed by atoms with Crippen LogP contribution in [-0.2, 0) is 11.3 Å². The van der Waals surface area contributed by atoms with Crippen LogP contribution in [0.5, 0.6) is 0 Å². The molecule has 0 aliphatic carbocycles. The number of hydrogen-bond donors (Lipinski definition) is 1. The highest BCUT2D eigenvalue weighted by Gasteiger charge is 2.25. The van der Waals surface area contributed by atoms with E-state index in [9.17, 15) is 0 Å². The lowest BCUT2D eigenvalue weighted by Crippen LogP contribution is -2.46. The van der Waals surface area contributed by atoms with Gasteiger partial charge < -0.3 is 15.0 Å². The van der Waals surface area contributed by atoms with Crippen molar-refractivity contribution in [1.82, 2.24) is 20.2 Å². The van der Waals surface area contributed by atoms with Crippen molar-refractivity contribution in [3.63, 3.8) is 0 Å². The van der Waals surface area contributed by atoms with Crippen molar-refractivity contribution in [2.24, 2.45) is 0 Å². The fraction of sp³-hybridized carbons (Fsp3) is 0.474. The highest BCUT2D eigenvalue weighted by Crippen LogP contribution is 2.27. The van der Waals surface area contributed by atoms with Crippen LogP contribution in [0, 0.1) is 0 Å². The number of nitrogens with one attached hydrogen (secondary N) is 1. The fourth-order valence-corrected chi connectivity index (χ4v) is 3.68. The van der Waals surface area contributed by atoms with Crippen LogP contribution in [0.15, 0.2) is 42.9 Å². The molecule has 25 heavy (non-hydrogen) atoms. The van der Waals surface area contributed by atoms with Crippen LogP contribution < -0.4 is 10.2 Å². The van der Waals surface area contributed by atoms with Gasteiger partial charge in [0.2, 0.25) is 0 Å². The van der Waals surface area contributed by atoms with E-state index in [-0.39, 0.29) is 0 Å². The van der Waals surface area contributed by atoms with Crippen molar-refractivity contribution in [1.29, 1.82) is 0 Å². The Hall–Kier alpha value is -2.02. The van der Waals surface area contributed by atoms with Crippen LogP contribution in [0.3, 0.4) is 0 Å². The minimum atomic E-state index is 0.370. The molecule has 2 aromatic rings. The second kappa shape index (κ2) is 7.91. The summed E-state index contributed by atoms with van der Waals surface area (Å²) in [5, 5.41) is 3.52. The van der Waals surface area contributed by atoms with E-state index >= 15 is 0 Å². The lowest BCUT2D eigenvalue weighted by Gasteiger charge is -2.37. The predicted molar refractivity (Wildman–Crippen MR) is 97.5 cm³/mol. The summed E-state index contributed by atoms with van der Waals surface area (Å²) in [4.78, 5) is 13.7. The lowest BCUT2D eigenvalue weighted by atomic mass is 10.0. The van der Waals surface area contributed by atoms with E-state index in [0.29, 0.717) is 6.04 Å². The number of nitrogens with zero attached hydrogens (tertiary/aromatic N) is 4. The summed E-state index contributed by atoms with van der Waals surface area (Å²) in [7, 11) is 0. The second-order valence-corrected chi connectivity index (χ2v) is 6.56. The topological polar surface area (TPSA) is 53.5 Å². The highest BCUT2D eigenvalue weighted by molar-refractivity contribution is 5.47. The zero-order chi connectivity index (χ0) is 16.9. The molecule has 2 saturated heterocycles. The maximum atomic E-state index is 5.49. The van der Waals surface area contributed by atoms with Gasteiger partial charge in [0.25, 0.3) is 0 Å². The van der Waals surface area contributed by atoms with Crippen LogP contribution in [0.4, 0.5) is 5.82 Å². The Morgan fingerprint density at radius 1 is 1.08 bits per heavy atom. The van der Waals surface area contributed by atoms with Crippen LogP contribution >= 0.6 is 0 Å². The van der Waals surface area contributed by atoms with Crippen LogP contribution in [0.1, 0.15) is 17.2 Å². The van der Waals surface area contributed by atoms with Crippen LogP contribution in [0.25, 0.3) is 0 Å². The molecule has 0 radical (unpaired) electrons. The summed E-state index contributed by atoms with van der Waals surface area (Å²) in [5.74, 6) is 1.11. The number of hydrogen-bond acceptors (Lipinski definition) is 6. The Labute approximate surface area is 148 Å². The van der Waals surface area contributed by atoms with E-state index < -0.39 is 0 Å². The molecule has 132 valence electrons. The van der Waals surface area contributed by atoms with Crippen molar-refractivity contribution < 1.29 is 4.74 Å². The first-order valence-electron chi connectivity index (χ1n) is 9.03. The molecule has 2 fully saturated rings. The molecule has 1 unspecified atom stereocenters. The van der Waals surface area contributed by atoms with Gasteiger partial charge in [-0.15, -0.1) is 0 Å². The van der Waals surface area contributed by atoms with Crippen molar-refractivity contribution in [2.75, 3.05) is 50.8 Å². The van der Waals surface area contributed by atoms with Crippen LogP contribution in [0.2, 0.25) is 0 Å². The van der Waals surface area contributed by atoms with E-state index in [1.54, 1.807) is 0 Å². The van der Waals surface area contributed by atoms with E-state index in [4.69, 9.17) is 4.74 Å². The number of morpholine rings is 1. The van der Waals surface area contributed by atoms with E-state index in [2.05, 4.69) is 43.3 Å². The summed E-state index contributed by atoms with van der Waals surface area (Å²) in [6, 6.07) is 8.87. The van der Waals surface area contributed by atoms with Gasteiger partial charge in [0.05, 0.1) is 13.2 Å². The first-order chi connectivity index (χ1) is 12.4. The van der Waals surface area contributed by atoms with Gasteiger partial charge in [0.15, 0.2) is 0 Å². The Kier molecular flexibility index (Phi) is 5.20. The Bertz CT molecular complexity index is 675. The molecule has 2 aliphatic heterocycles. The number of anilines is 1. The zero-order valence-electron chi connectivity index (χ0n) is 14.5. The number of aromatic nitrogens is 2. The molecule has 0 aromatic carbocycles. The third-order valence-electron chi connectivity index (χ3n) is 5.00. The minimum Gasteiger partial charge on any atom is -0.378 e. The van der Waals surface area contributed by atoms with Gasteiger partial charge in [0.1, 0.15) is 5.82 Å². The van der Waals surface area contributed by atoms with E-state index in [0.717, 1.165) is 58.3 Å². The van der Waals surface area contributed by atoms with Crippen molar-refractivity contribution in [2.45, 2.75) is 12.6 Å². The lowest BCUT2D eigenvalue weighted by molar-refractivity contribution is 0.122. The zero-order valence-corrected chi connectivity index (χ0v) is 14.5. The summed E-state index contributed by atoms with van der Waals surface area (Å²) in [6.45, 7) is 7.33. The molecule has 2 aliphatic rings. The molecule has 0 spiro atoms. The third-order valence-corrected chi connectivity index (χ3v) is 5.00. The van der Waals surface area contributed by atoms with Gasteiger partial charge in [-0.2, -0.15) is 0 Å². The summed E-state index contributed by atoms with van der Waals surface area (Å²) < 4.78 is 5.49. The molecule has 0 saturated carbocycles.